The highest BCUT2D eigenvalue weighted by atomic mass is 32.2. The third-order valence-corrected chi connectivity index (χ3v) is 6.74. The van der Waals surface area contributed by atoms with Gasteiger partial charge in [-0.1, -0.05) is 52.8 Å². The molecule has 2 aliphatic rings. The van der Waals surface area contributed by atoms with Crippen LogP contribution in [0.5, 0.6) is 0 Å². The Morgan fingerprint density at radius 1 is 1.19 bits per heavy atom. The van der Waals surface area contributed by atoms with Crippen LogP contribution in [0.25, 0.3) is 0 Å². The summed E-state index contributed by atoms with van der Waals surface area (Å²) >= 11 is 0. The van der Waals surface area contributed by atoms with Gasteiger partial charge in [-0.05, 0) is 30.0 Å². The molecule has 148 valence electrons. The lowest BCUT2D eigenvalue weighted by molar-refractivity contribution is 0.415. The maximum Gasteiger partial charge on any atom is 0.240 e. The van der Waals surface area contributed by atoms with Gasteiger partial charge in [0.05, 0.1) is 10.9 Å². The molecule has 2 aliphatic heterocycles. The number of aliphatic imine (C=N–C) groups is 1. The molecule has 2 atom stereocenters. The van der Waals surface area contributed by atoms with Crippen LogP contribution in [0.4, 0.5) is 0 Å². The van der Waals surface area contributed by atoms with Gasteiger partial charge in [-0.15, -0.1) is 0 Å². The van der Waals surface area contributed by atoms with E-state index in [1.807, 2.05) is 6.07 Å². The Hall–Kier alpha value is -1.66. The van der Waals surface area contributed by atoms with Crippen LogP contribution in [0.3, 0.4) is 0 Å². The van der Waals surface area contributed by atoms with E-state index in [0.717, 1.165) is 5.84 Å². The Labute approximate surface area is 163 Å². The van der Waals surface area contributed by atoms with Crippen molar-refractivity contribution < 1.29 is 8.42 Å². The van der Waals surface area contributed by atoms with Crippen molar-refractivity contribution in [1.82, 2.24) is 9.62 Å². The lowest BCUT2D eigenvalue weighted by Gasteiger charge is -2.38. The van der Waals surface area contributed by atoms with E-state index in [1.54, 1.807) is 24.3 Å². The van der Waals surface area contributed by atoms with Crippen LogP contribution in [0.1, 0.15) is 48.0 Å². The number of nitrogens with zero attached hydrogens (tertiary/aromatic N) is 2. The van der Waals surface area contributed by atoms with Crippen molar-refractivity contribution in [3.8, 4) is 0 Å². The largest absolute Gasteiger partial charge is 0.332 e. The van der Waals surface area contributed by atoms with Crippen molar-refractivity contribution in [2.45, 2.75) is 64.9 Å². The quantitative estimate of drug-likeness (QED) is 0.852. The summed E-state index contributed by atoms with van der Waals surface area (Å²) in [7, 11) is -3.53. The molecule has 6 heteroatoms. The van der Waals surface area contributed by atoms with Crippen molar-refractivity contribution in [1.29, 1.82) is 0 Å². The van der Waals surface area contributed by atoms with Crippen molar-refractivity contribution >= 4 is 15.9 Å². The van der Waals surface area contributed by atoms with Crippen molar-refractivity contribution in [2.24, 2.45) is 16.3 Å². The smallest absolute Gasteiger partial charge is 0.240 e. The van der Waals surface area contributed by atoms with Crippen LogP contribution in [0.2, 0.25) is 0 Å². The molecule has 0 radical (unpaired) electrons. The molecule has 0 bridgehead atoms. The number of rotatable bonds is 4. The topological polar surface area (TPSA) is 61.8 Å². The molecule has 0 amide bonds. The molecule has 0 aromatic heterocycles. The monoisotopic (exact) mass is 389 g/mol. The Bertz CT molecular complexity index is 864. The third kappa shape index (κ3) is 3.97. The molecule has 2 heterocycles. The summed E-state index contributed by atoms with van der Waals surface area (Å²) in [6.07, 6.45) is 0.703. The summed E-state index contributed by atoms with van der Waals surface area (Å²) in [6, 6.07) is 8.55. The second kappa shape index (κ2) is 7.06. The average Bonchev–Trinajstić information content (AvgIpc) is 2.95. The van der Waals surface area contributed by atoms with Gasteiger partial charge in [-0.3, -0.25) is 4.99 Å². The van der Waals surface area contributed by atoms with Gasteiger partial charge in [0.25, 0.3) is 0 Å². The predicted molar refractivity (Wildman–Crippen MR) is 110 cm³/mol. The molecule has 0 aliphatic carbocycles. The van der Waals surface area contributed by atoms with Crippen LogP contribution in [0, 0.1) is 11.3 Å². The molecule has 1 saturated heterocycles. The van der Waals surface area contributed by atoms with Gasteiger partial charge in [0.2, 0.25) is 10.0 Å². The van der Waals surface area contributed by atoms with Gasteiger partial charge in [0, 0.05) is 30.6 Å². The fourth-order valence-corrected chi connectivity index (χ4v) is 5.53. The molecular formula is C21H31N3O2S. The number of amidine groups is 1. The lowest BCUT2D eigenvalue weighted by Crippen LogP contribution is -2.42. The third-order valence-electron chi connectivity index (χ3n) is 5.20. The standard InChI is InChI=1S/C21H31N3O2S/c1-14(2)20-22-15(3)19(21(4,5)6)18-12-16(13-24(18)20)23-27(25,26)17-10-8-7-9-11-17/h7-11,14-16,23H,12-13H2,1-6H3/t15-,16-/m0/s1. The Balaban J connectivity index is 1.93. The van der Waals surface area contributed by atoms with Crippen LogP contribution < -0.4 is 4.72 Å². The summed E-state index contributed by atoms with van der Waals surface area (Å²) in [5.74, 6) is 1.36. The minimum absolute atomic E-state index is 0.00773. The maximum absolute atomic E-state index is 12.8. The van der Waals surface area contributed by atoms with Gasteiger partial charge in [0.1, 0.15) is 5.84 Å². The molecule has 27 heavy (non-hydrogen) atoms. The average molecular weight is 390 g/mol. The summed E-state index contributed by atoms with van der Waals surface area (Å²) < 4.78 is 28.5. The Morgan fingerprint density at radius 3 is 2.37 bits per heavy atom. The fraction of sp³-hybridized carbons (Fsp3) is 0.571. The molecular weight excluding hydrogens is 358 g/mol. The Kier molecular flexibility index (Phi) is 5.25. The van der Waals surface area contributed by atoms with E-state index < -0.39 is 10.0 Å². The summed E-state index contributed by atoms with van der Waals surface area (Å²) in [6.45, 7) is 13.7. The number of hydrogen-bond donors (Lipinski definition) is 1. The van der Waals surface area contributed by atoms with Crippen molar-refractivity contribution in [2.75, 3.05) is 6.54 Å². The van der Waals surface area contributed by atoms with Gasteiger partial charge in [-0.25, -0.2) is 13.1 Å². The van der Waals surface area contributed by atoms with E-state index in [2.05, 4.69) is 51.2 Å². The Morgan fingerprint density at radius 2 is 1.81 bits per heavy atom. The highest BCUT2D eigenvalue weighted by molar-refractivity contribution is 7.89. The molecule has 0 unspecified atom stereocenters. The van der Waals surface area contributed by atoms with Gasteiger partial charge >= 0.3 is 0 Å². The molecule has 3 rings (SSSR count). The van der Waals surface area contributed by atoms with Gasteiger partial charge in [-0.2, -0.15) is 0 Å². The zero-order chi connectivity index (χ0) is 20.0. The minimum Gasteiger partial charge on any atom is -0.332 e. The first-order valence-electron chi connectivity index (χ1n) is 9.67. The molecule has 0 saturated carbocycles. The van der Waals surface area contributed by atoms with E-state index in [9.17, 15) is 8.42 Å². The first-order valence-corrected chi connectivity index (χ1v) is 11.1. The van der Waals surface area contributed by atoms with Crippen LogP contribution in [-0.4, -0.2) is 37.8 Å². The molecule has 1 N–H and O–H groups in total. The van der Waals surface area contributed by atoms with Gasteiger partial charge in [0.15, 0.2) is 0 Å². The SMILES string of the molecule is CC(C)C1=N[C@@H](C)C(C(C)(C)C)=C2C[C@H](NS(=O)(=O)c3ccccc3)CN12. The second-order valence-electron chi connectivity index (χ2n) is 8.87. The van der Waals surface area contributed by atoms with E-state index in [-0.39, 0.29) is 17.5 Å². The molecule has 0 spiro atoms. The second-order valence-corrected chi connectivity index (χ2v) is 10.6. The van der Waals surface area contributed by atoms with Crippen LogP contribution in [-0.2, 0) is 10.0 Å². The predicted octanol–water partition coefficient (Wildman–Crippen LogP) is 3.80. The molecule has 5 nitrogen and oxygen atoms in total. The van der Waals surface area contributed by atoms with Crippen molar-refractivity contribution in [3.63, 3.8) is 0 Å². The summed E-state index contributed by atoms with van der Waals surface area (Å²) in [5, 5.41) is 0. The van der Waals surface area contributed by atoms with E-state index in [1.165, 1.54) is 11.3 Å². The number of nitrogens with one attached hydrogen (secondary N) is 1. The summed E-state index contributed by atoms with van der Waals surface area (Å²) in [5.41, 5.74) is 2.55. The highest BCUT2D eigenvalue weighted by Gasteiger charge is 2.41. The fourth-order valence-electron chi connectivity index (χ4n) is 4.29. The number of fused-ring (bicyclic) bond motifs is 1. The summed E-state index contributed by atoms with van der Waals surface area (Å²) in [4.78, 5) is 7.53. The normalized spacial score (nSPS) is 23.7. The highest BCUT2D eigenvalue weighted by Crippen LogP contribution is 2.41. The van der Waals surface area contributed by atoms with Gasteiger partial charge < -0.3 is 4.90 Å². The van der Waals surface area contributed by atoms with Crippen LogP contribution in [0.15, 0.2) is 51.5 Å². The number of sulfonamides is 1. The first kappa shape index (κ1) is 20.1. The maximum atomic E-state index is 12.8. The van der Waals surface area contributed by atoms with Crippen molar-refractivity contribution in [3.05, 3.63) is 41.6 Å². The van der Waals surface area contributed by atoms with E-state index in [4.69, 9.17) is 4.99 Å². The minimum atomic E-state index is -3.53. The molecule has 1 fully saturated rings. The zero-order valence-corrected chi connectivity index (χ0v) is 18.0. The number of hydrogen-bond acceptors (Lipinski definition) is 4. The van der Waals surface area contributed by atoms with Crippen LogP contribution >= 0.6 is 0 Å². The zero-order valence-electron chi connectivity index (χ0n) is 17.2. The first-order chi connectivity index (χ1) is 12.5. The molecule has 1 aromatic rings. The molecule has 1 aromatic carbocycles. The lowest BCUT2D eigenvalue weighted by atomic mass is 9.79. The van der Waals surface area contributed by atoms with E-state index in [0.29, 0.717) is 23.8 Å². The van der Waals surface area contributed by atoms with E-state index >= 15 is 0 Å². The number of benzene rings is 1.